The van der Waals surface area contributed by atoms with Crippen LogP contribution in [0.25, 0.3) is 10.8 Å². The Morgan fingerprint density at radius 3 is 2.76 bits per heavy atom. The number of halogens is 1. The van der Waals surface area contributed by atoms with E-state index in [1.807, 2.05) is 12.1 Å². The average Bonchev–Trinajstić information content (AvgIpc) is 3.11. The van der Waals surface area contributed by atoms with Crippen LogP contribution < -0.4 is 0 Å². The summed E-state index contributed by atoms with van der Waals surface area (Å²) in [4.78, 5) is 12.0. The van der Waals surface area contributed by atoms with E-state index in [9.17, 15) is 4.79 Å². The van der Waals surface area contributed by atoms with Gasteiger partial charge in [0.15, 0.2) is 0 Å². The van der Waals surface area contributed by atoms with Crippen molar-refractivity contribution in [2.75, 3.05) is 0 Å². The maximum atomic E-state index is 11.1. The van der Waals surface area contributed by atoms with Crippen molar-refractivity contribution in [3.05, 3.63) is 21.8 Å². The second kappa shape index (κ2) is 5.88. The van der Waals surface area contributed by atoms with Crippen molar-refractivity contribution >= 4 is 33.2 Å². The molecule has 1 aliphatic rings. The molecule has 3 rings (SSSR count). The van der Waals surface area contributed by atoms with E-state index in [1.165, 1.54) is 11.3 Å². The van der Waals surface area contributed by atoms with Gasteiger partial charge in [0.05, 0.1) is 15.1 Å². The van der Waals surface area contributed by atoms with Gasteiger partial charge in [-0.2, -0.15) is 0 Å². The largest absolute Gasteiger partial charge is 0.481 e. The van der Waals surface area contributed by atoms with Crippen LogP contribution in [-0.4, -0.2) is 21.3 Å². The number of aliphatic carboxylic acids is 1. The van der Waals surface area contributed by atoms with Gasteiger partial charge in [0.1, 0.15) is 0 Å². The SMILES string of the molecule is O=C(O)CC1(Cc2nnc(-c3ccc(Br)s3)o2)CCCC1. The van der Waals surface area contributed by atoms with Crippen LogP contribution in [0.2, 0.25) is 0 Å². The van der Waals surface area contributed by atoms with E-state index in [1.54, 1.807) is 0 Å². The normalized spacial score (nSPS) is 17.2. The molecule has 7 heteroatoms. The summed E-state index contributed by atoms with van der Waals surface area (Å²) >= 11 is 4.94. The lowest BCUT2D eigenvalue weighted by atomic mass is 9.79. The molecule has 112 valence electrons. The zero-order chi connectivity index (χ0) is 14.9. The highest BCUT2D eigenvalue weighted by Gasteiger charge is 2.37. The summed E-state index contributed by atoms with van der Waals surface area (Å²) in [5.74, 6) is 0.292. The summed E-state index contributed by atoms with van der Waals surface area (Å²) in [6.45, 7) is 0. The second-order valence-electron chi connectivity index (χ2n) is 5.56. The first-order chi connectivity index (χ1) is 10.1. The molecule has 0 aliphatic heterocycles. The molecule has 0 atom stereocenters. The van der Waals surface area contributed by atoms with Crippen molar-refractivity contribution in [3.63, 3.8) is 0 Å². The van der Waals surface area contributed by atoms with E-state index in [0.29, 0.717) is 18.2 Å². The van der Waals surface area contributed by atoms with Crippen molar-refractivity contribution in [1.82, 2.24) is 10.2 Å². The number of carboxylic acids is 1. The molecule has 0 amide bonds. The van der Waals surface area contributed by atoms with Crippen molar-refractivity contribution in [2.24, 2.45) is 5.41 Å². The Balaban J connectivity index is 1.78. The zero-order valence-electron chi connectivity index (χ0n) is 11.3. The summed E-state index contributed by atoms with van der Waals surface area (Å²) in [5.41, 5.74) is -0.217. The summed E-state index contributed by atoms with van der Waals surface area (Å²) < 4.78 is 6.74. The molecule has 0 bridgehead atoms. The lowest BCUT2D eigenvalue weighted by Gasteiger charge is -2.24. The Morgan fingerprint density at radius 2 is 2.14 bits per heavy atom. The van der Waals surface area contributed by atoms with Gasteiger partial charge in [-0.15, -0.1) is 21.5 Å². The first-order valence-electron chi connectivity index (χ1n) is 6.86. The topological polar surface area (TPSA) is 76.2 Å². The van der Waals surface area contributed by atoms with Crippen LogP contribution in [0.15, 0.2) is 20.3 Å². The lowest BCUT2D eigenvalue weighted by molar-refractivity contribution is -0.139. The smallest absolute Gasteiger partial charge is 0.303 e. The summed E-state index contributed by atoms with van der Waals surface area (Å²) in [7, 11) is 0. The molecule has 1 N–H and O–H groups in total. The Morgan fingerprint density at radius 1 is 1.38 bits per heavy atom. The molecule has 2 heterocycles. The number of rotatable bonds is 5. The molecule has 1 saturated carbocycles. The maximum Gasteiger partial charge on any atom is 0.303 e. The third kappa shape index (κ3) is 3.35. The van der Waals surface area contributed by atoms with Crippen LogP contribution in [0.5, 0.6) is 0 Å². The van der Waals surface area contributed by atoms with E-state index >= 15 is 0 Å². The van der Waals surface area contributed by atoms with E-state index < -0.39 is 5.97 Å². The fraction of sp³-hybridized carbons (Fsp3) is 0.500. The maximum absolute atomic E-state index is 11.1. The third-order valence-corrected chi connectivity index (χ3v) is 5.58. The Hall–Kier alpha value is -1.21. The Bertz CT molecular complexity index is 646. The molecule has 21 heavy (non-hydrogen) atoms. The number of nitrogens with zero attached hydrogens (tertiary/aromatic N) is 2. The van der Waals surface area contributed by atoms with Gasteiger partial charge in [0.2, 0.25) is 5.89 Å². The number of hydrogen-bond donors (Lipinski definition) is 1. The summed E-state index contributed by atoms with van der Waals surface area (Å²) in [5, 5.41) is 17.3. The minimum Gasteiger partial charge on any atom is -0.481 e. The monoisotopic (exact) mass is 370 g/mol. The highest BCUT2D eigenvalue weighted by atomic mass is 79.9. The van der Waals surface area contributed by atoms with Gasteiger partial charge in [0, 0.05) is 6.42 Å². The van der Waals surface area contributed by atoms with Crippen LogP contribution >= 0.6 is 27.3 Å². The number of carbonyl (C=O) groups is 1. The Labute approximate surface area is 134 Å². The molecule has 1 aliphatic carbocycles. The van der Waals surface area contributed by atoms with E-state index in [2.05, 4.69) is 26.1 Å². The van der Waals surface area contributed by atoms with Gasteiger partial charge in [-0.1, -0.05) is 12.8 Å². The van der Waals surface area contributed by atoms with Crippen LogP contribution in [0.4, 0.5) is 0 Å². The molecule has 0 unspecified atom stereocenters. The third-order valence-electron chi connectivity index (χ3n) is 3.97. The summed E-state index contributed by atoms with van der Waals surface area (Å²) in [6.07, 6.45) is 4.72. The number of hydrogen-bond acceptors (Lipinski definition) is 5. The molecule has 0 aromatic carbocycles. The molecule has 1 fully saturated rings. The highest BCUT2D eigenvalue weighted by molar-refractivity contribution is 9.11. The van der Waals surface area contributed by atoms with Crippen LogP contribution in [-0.2, 0) is 11.2 Å². The van der Waals surface area contributed by atoms with E-state index in [4.69, 9.17) is 9.52 Å². The van der Waals surface area contributed by atoms with Crippen LogP contribution in [0.3, 0.4) is 0 Å². The van der Waals surface area contributed by atoms with E-state index in [-0.39, 0.29) is 11.8 Å². The van der Waals surface area contributed by atoms with Gasteiger partial charge < -0.3 is 9.52 Å². The first-order valence-corrected chi connectivity index (χ1v) is 8.47. The van der Waals surface area contributed by atoms with Crippen molar-refractivity contribution in [1.29, 1.82) is 0 Å². The van der Waals surface area contributed by atoms with Crippen molar-refractivity contribution in [2.45, 2.75) is 38.5 Å². The zero-order valence-corrected chi connectivity index (χ0v) is 13.7. The molecule has 5 nitrogen and oxygen atoms in total. The predicted molar refractivity (Wildman–Crippen MR) is 82.2 cm³/mol. The predicted octanol–water partition coefficient (Wildman–Crippen LogP) is 4.14. The van der Waals surface area contributed by atoms with Gasteiger partial charge >= 0.3 is 5.97 Å². The lowest BCUT2D eigenvalue weighted by Crippen LogP contribution is -2.23. The minimum absolute atomic E-state index is 0.176. The standard InChI is InChI=1S/C14H15BrN2O3S/c15-10-4-3-9(21-10)13-17-16-11(20-13)7-14(8-12(18)19)5-1-2-6-14/h3-4H,1-2,5-8H2,(H,18,19). The minimum atomic E-state index is -0.751. The van der Waals surface area contributed by atoms with Gasteiger partial charge in [-0.25, -0.2) is 0 Å². The molecule has 0 saturated heterocycles. The molecular weight excluding hydrogens is 356 g/mol. The molecule has 2 aromatic heterocycles. The first kappa shape index (κ1) is 14.7. The number of carboxylic acid groups (broad SMARTS) is 1. The second-order valence-corrected chi connectivity index (χ2v) is 8.02. The van der Waals surface area contributed by atoms with Crippen LogP contribution in [0, 0.1) is 5.41 Å². The molecule has 0 spiro atoms. The summed E-state index contributed by atoms with van der Waals surface area (Å²) in [6, 6.07) is 3.86. The number of thiophene rings is 1. The van der Waals surface area contributed by atoms with Crippen molar-refractivity contribution < 1.29 is 14.3 Å². The fourth-order valence-corrected chi connectivity index (χ4v) is 4.34. The fourth-order valence-electron chi connectivity index (χ4n) is 3.04. The van der Waals surface area contributed by atoms with Gasteiger partial charge in [-0.05, 0) is 46.3 Å². The van der Waals surface area contributed by atoms with Gasteiger partial charge in [0.25, 0.3) is 5.89 Å². The average molecular weight is 371 g/mol. The van der Waals surface area contributed by atoms with Crippen molar-refractivity contribution in [3.8, 4) is 10.8 Å². The molecule has 0 radical (unpaired) electrons. The number of aromatic nitrogens is 2. The quantitative estimate of drug-likeness (QED) is 0.855. The van der Waals surface area contributed by atoms with Gasteiger partial charge in [-0.3, -0.25) is 4.79 Å². The molecular formula is C14H15BrN2O3S. The Kier molecular flexibility index (Phi) is 4.12. The highest BCUT2D eigenvalue weighted by Crippen LogP contribution is 2.44. The van der Waals surface area contributed by atoms with Crippen LogP contribution in [0.1, 0.15) is 38.0 Å². The van der Waals surface area contributed by atoms with E-state index in [0.717, 1.165) is 34.3 Å². The molecule has 2 aromatic rings.